The lowest BCUT2D eigenvalue weighted by Crippen LogP contribution is -3.13. The Morgan fingerprint density at radius 1 is 1.04 bits per heavy atom. The molecule has 1 N–H and O–H groups in total. The molecular formula is C20H25N2O2+. The molecule has 1 aliphatic heterocycles. The first-order valence-corrected chi connectivity index (χ1v) is 8.48. The summed E-state index contributed by atoms with van der Waals surface area (Å²) in [6, 6.07) is 16.3. The predicted molar refractivity (Wildman–Crippen MR) is 96.1 cm³/mol. The molecule has 2 aromatic carbocycles. The maximum atomic E-state index is 11.4. The second-order valence-corrected chi connectivity index (χ2v) is 6.36. The van der Waals surface area contributed by atoms with Crippen LogP contribution in [0.3, 0.4) is 0 Å². The number of benzene rings is 2. The van der Waals surface area contributed by atoms with E-state index in [1.165, 1.54) is 11.3 Å². The number of rotatable bonds is 5. The van der Waals surface area contributed by atoms with Gasteiger partial charge in [-0.25, -0.2) is 0 Å². The second-order valence-electron chi connectivity index (χ2n) is 6.36. The molecule has 1 saturated heterocycles. The summed E-state index contributed by atoms with van der Waals surface area (Å²) in [5, 5.41) is 0. The molecule has 1 fully saturated rings. The van der Waals surface area contributed by atoms with Crippen molar-refractivity contribution in [2.45, 2.75) is 13.5 Å². The molecule has 3 rings (SSSR count). The monoisotopic (exact) mass is 325 g/mol. The third kappa shape index (κ3) is 3.95. The molecule has 0 aliphatic carbocycles. The highest BCUT2D eigenvalue weighted by Gasteiger charge is 2.20. The second kappa shape index (κ2) is 7.49. The van der Waals surface area contributed by atoms with Crippen LogP contribution in [0.4, 0.5) is 5.69 Å². The van der Waals surface area contributed by atoms with Crippen LogP contribution in [-0.2, 0) is 6.54 Å². The molecule has 24 heavy (non-hydrogen) atoms. The van der Waals surface area contributed by atoms with Crippen molar-refractivity contribution in [2.24, 2.45) is 0 Å². The van der Waals surface area contributed by atoms with Crippen molar-refractivity contribution in [3.8, 4) is 5.75 Å². The van der Waals surface area contributed by atoms with Gasteiger partial charge < -0.3 is 14.5 Å². The Morgan fingerprint density at radius 2 is 1.67 bits per heavy atom. The van der Waals surface area contributed by atoms with Gasteiger partial charge in [-0.2, -0.15) is 0 Å². The summed E-state index contributed by atoms with van der Waals surface area (Å²) in [6.07, 6.45) is 0. The third-order valence-electron chi connectivity index (χ3n) is 4.72. The Bertz CT molecular complexity index is 672. The fourth-order valence-electron chi connectivity index (χ4n) is 3.20. The molecule has 0 saturated carbocycles. The number of piperazine rings is 1. The molecule has 1 aliphatic rings. The molecule has 0 unspecified atom stereocenters. The Morgan fingerprint density at radius 3 is 2.21 bits per heavy atom. The van der Waals surface area contributed by atoms with Crippen molar-refractivity contribution in [3.63, 3.8) is 0 Å². The first-order chi connectivity index (χ1) is 11.7. The number of carbonyl (C=O) groups is 1. The number of ether oxygens (including phenoxy) is 1. The van der Waals surface area contributed by atoms with Gasteiger partial charge in [0.1, 0.15) is 12.3 Å². The van der Waals surface area contributed by atoms with Crippen molar-refractivity contribution >= 4 is 11.5 Å². The molecule has 0 amide bonds. The number of ketones is 1. The van der Waals surface area contributed by atoms with Crippen LogP contribution >= 0.6 is 0 Å². The van der Waals surface area contributed by atoms with Crippen LogP contribution in [0.15, 0.2) is 48.5 Å². The van der Waals surface area contributed by atoms with E-state index in [4.69, 9.17) is 4.74 Å². The van der Waals surface area contributed by atoms with Gasteiger partial charge in [0.05, 0.1) is 33.3 Å². The zero-order valence-corrected chi connectivity index (χ0v) is 14.4. The number of methoxy groups -OCH3 is 1. The van der Waals surface area contributed by atoms with Crippen LogP contribution in [0.5, 0.6) is 5.75 Å². The fraction of sp³-hybridized carbons (Fsp3) is 0.350. The van der Waals surface area contributed by atoms with E-state index in [2.05, 4.69) is 29.2 Å². The van der Waals surface area contributed by atoms with E-state index in [1.54, 1.807) is 18.9 Å². The van der Waals surface area contributed by atoms with Gasteiger partial charge in [-0.1, -0.05) is 0 Å². The molecule has 0 spiro atoms. The SMILES string of the molecule is COc1ccc(C[NH+]2CCN(c3ccc(C(C)=O)cc3)CC2)cc1. The van der Waals surface area contributed by atoms with E-state index < -0.39 is 0 Å². The van der Waals surface area contributed by atoms with E-state index >= 15 is 0 Å². The summed E-state index contributed by atoms with van der Waals surface area (Å²) in [4.78, 5) is 15.4. The summed E-state index contributed by atoms with van der Waals surface area (Å²) in [7, 11) is 1.70. The molecule has 0 aromatic heterocycles. The topological polar surface area (TPSA) is 34.0 Å². The van der Waals surface area contributed by atoms with Crippen molar-refractivity contribution < 1.29 is 14.4 Å². The first kappa shape index (κ1) is 16.5. The zero-order valence-electron chi connectivity index (χ0n) is 14.4. The Kier molecular flexibility index (Phi) is 5.16. The van der Waals surface area contributed by atoms with Crippen molar-refractivity contribution in [1.29, 1.82) is 0 Å². The average Bonchev–Trinajstić information content (AvgIpc) is 2.63. The molecule has 0 atom stereocenters. The number of anilines is 1. The zero-order chi connectivity index (χ0) is 16.9. The number of nitrogens with zero attached hydrogens (tertiary/aromatic N) is 1. The van der Waals surface area contributed by atoms with Crippen LogP contribution in [0, 0.1) is 0 Å². The van der Waals surface area contributed by atoms with Crippen LogP contribution in [0.2, 0.25) is 0 Å². The minimum absolute atomic E-state index is 0.121. The maximum Gasteiger partial charge on any atom is 0.159 e. The summed E-state index contributed by atoms with van der Waals surface area (Å²) in [5.74, 6) is 1.03. The minimum atomic E-state index is 0.121. The van der Waals surface area contributed by atoms with E-state index in [0.29, 0.717) is 0 Å². The van der Waals surface area contributed by atoms with Gasteiger partial charge >= 0.3 is 0 Å². The minimum Gasteiger partial charge on any atom is -0.497 e. The van der Waals surface area contributed by atoms with Gasteiger partial charge in [0.2, 0.25) is 0 Å². The Labute approximate surface area is 143 Å². The Balaban J connectivity index is 1.54. The van der Waals surface area contributed by atoms with Gasteiger partial charge in [0.15, 0.2) is 5.78 Å². The molecule has 0 radical (unpaired) electrons. The standard InChI is InChI=1S/C20H24N2O2/c1-16(23)18-5-7-19(8-6-18)22-13-11-21(12-14-22)15-17-3-9-20(24-2)10-4-17/h3-10H,11-15H2,1-2H3/p+1. The smallest absolute Gasteiger partial charge is 0.159 e. The van der Waals surface area contributed by atoms with Crippen molar-refractivity contribution in [1.82, 2.24) is 0 Å². The van der Waals surface area contributed by atoms with E-state index in [1.807, 2.05) is 24.3 Å². The molecule has 4 nitrogen and oxygen atoms in total. The first-order valence-electron chi connectivity index (χ1n) is 8.48. The summed E-state index contributed by atoms with van der Waals surface area (Å²) in [6.45, 7) is 7.01. The summed E-state index contributed by atoms with van der Waals surface area (Å²) in [5.41, 5.74) is 3.34. The van der Waals surface area contributed by atoms with Gasteiger partial charge in [0, 0.05) is 16.8 Å². The number of nitrogens with one attached hydrogen (secondary N) is 1. The molecule has 1 heterocycles. The van der Waals surface area contributed by atoms with Gasteiger partial charge in [-0.3, -0.25) is 4.79 Å². The number of hydrogen-bond donors (Lipinski definition) is 1. The molecule has 0 bridgehead atoms. The van der Waals surface area contributed by atoms with Crippen LogP contribution in [0.1, 0.15) is 22.8 Å². The summed E-state index contributed by atoms with van der Waals surface area (Å²) >= 11 is 0. The van der Waals surface area contributed by atoms with E-state index in [9.17, 15) is 4.79 Å². The number of Topliss-reactive ketones (excluding diaryl/α,β-unsaturated/α-hetero) is 1. The van der Waals surface area contributed by atoms with Crippen molar-refractivity contribution in [2.75, 3.05) is 38.2 Å². The molecule has 4 heteroatoms. The van der Waals surface area contributed by atoms with E-state index in [0.717, 1.165) is 44.0 Å². The normalized spacial score (nSPS) is 15.3. The van der Waals surface area contributed by atoms with Crippen LogP contribution < -0.4 is 14.5 Å². The van der Waals surface area contributed by atoms with Crippen LogP contribution in [0.25, 0.3) is 0 Å². The maximum absolute atomic E-state index is 11.4. The van der Waals surface area contributed by atoms with Crippen LogP contribution in [-0.4, -0.2) is 39.1 Å². The highest BCUT2D eigenvalue weighted by atomic mass is 16.5. The fourth-order valence-corrected chi connectivity index (χ4v) is 3.20. The lowest BCUT2D eigenvalue weighted by molar-refractivity contribution is -0.914. The van der Waals surface area contributed by atoms with E-state index in [-0.39, 0.29) is 5.78 Å². The predicted octanol–water partition coefficient (Wildman–Crippen LogP) is 1.80. The number of hydrogen-bond acceptors (Lipinski definition) is 3. The molecular weight excluding hydrogens is 300 g/mol. The number of carbonyl (C=O) groups excluding carboxylic acids is 1. The lowest BCUT2D eigenvalue weighted by Gasteiger charge is -2.33. The number of quaternary nitrogens is 1. The molecule has 2 aromatic rings. The third-order valence-corrected chi connectivity index (χ3v) is 4.72. The highest BCUT2D eigenvalue weighted by molar-refractivity contribution is 5.94. The van der Waals surface area contributed by atoms with Gasteiger partial charge in [-0.15, -0.1) is 0 Å². The van der Waals surface area contributed by atoms with Gasteiger partial charge in [-0.05, 0) is 55.5 Å². The highest BCUT2D eigenvalue weighted by Crippen LogP contribution is 2.16. The van der Waals surface area contributed by atoms with Crippen molar-refractivity contribution in [3.05, 3.63) is 59.7 Å². The largest absolute Gasteiger partial charge is 0.497 e. The summed E-state index contributed by atoms with van der Waals surface area (Å²) < 4.78 is 5.21. The average molecular weight is 325 g/mol. The van der Waals surface area contributed by atoms with Gasteiger partial charge in [0.25, 0.3) is 0 Å². The lowest BCUT2D eigenvalue weighted by atomic mass is 10.1. The Hall–Kier alpha value is -2.33. The molecule has 126 valence electrons. The quantitative estimate of drug-likeness (QED) is 0.851.